The highest BCUT2D eigenvalue weighted by Crippen LogP contribution is 2.41. The van der Waals surface area contributed by atoms with Crippen molar-refractivity contribution in [3.8, 4) is 0 Å². The Balaban J connectivity index is 1.70. The summed E-state index contributed by atoms with van der Waals surface area (Å²) in [6.07, 6.45) is 0.955. The van der Waals surface area contributed by atoms with Gasteiger partial charge in [-0.15, -0.1) is 0 Å². The maximum atomic E-state index is 13.1. The minimum atomic E-state index is -0.279. The van der Waals surface area contributed by atoms with E-state index in [1.54, 1.807) is 24.0 Å². The van der Waals surface area contributed by atoms with Gasteiger partial charge in [-0.3, -0.25) is 9.59 Å². The van der Waals surface area contributed by atoms with Gasteiger partial charge in [-0.05, 0) is 39.4 Å². The summed E-state index contributed by atoms with van der Waals surface area (Å²) in [7, 11) is 3.99. The molecule has 1 saturated heterocycles. The van der Waals surface area contributed by atoms with Gasteiger partial charge in [0.2, 0.25) is 0 Å². The second-order valence-electron chi connectivity index (χ2n) is 8.12. The van der Waals surface area contributed by atoms with Gasteiger partial charge in [0.15, 0.2) is 5.69 Å². The van der Waals surface area contributed by atoms with Crippen molar-refractivity contribution in [2.24, 2.45) is 5.92 Å². The molecule has 4 heterocycles. The third-order valence-corrected chi connectivity index (χ3v) is 5.98. The molecule has 1 amide bonds. The van der Waals surface area contributed by atoms with E-state index in [2.05, 4.69) is 10.1 Å². The summed E-state index contributed by atoms with van der Waals surface area (Å²) in [6, 6.07) is 5.43. The number of hydrogen-bond donors (Lipinski definition) is 1. The largest absolute Gasteiger partial charge is 0.391 e. The van der Waals surface area contributed by atoms with E-state index in [1.807, 2.05) is 24.7 Å². The quantitative estimate of drug-likeness (QED) is 0.843. The number of aliphatic hydroxyl groups excluding tert-OH is 1. The van der Waals surface area contributed by atoms with Gasteiger partial charge >= 0.3 is 0 Å². The fourth-order valence-corrected chi connectivity index (χ4v) is 4.71. The summed E-state index contributed by atoms with van der Waals surface area (Å²) in [5.74, 6) is 0.542. The molecule has 1 N–H and O–H groups in total. The van der Waals surface area contributed by atoms with Crippen molar-refractivity contribution in [2.75, 3.05) is 33.7 Å². The molecule has 2 aliphatic rings. The highest BCUT2D eigenvalue weighted by molar-refractivity contribution is 5.94. The van der Waals surface area contributed by atoms with Crippen molar-refractivity contribution in [3.63, 3.8) is 0 Å². The average molecular weight is 386 g/mol. The number of aryl methyl sites for hydroxylation is 1. The van der Waals surface area contributed by atoms with Crippen LogP contribution in [0.25, 0.3) is 0 Å². The number of likely N-dealkylation sites (tertiary alicyclic amines) is 1. The number of amides is 1. The molecule has 0 aromatic carbocycles. The highest BCUT2D eigenvalue weighted by Gasteiger charge is 2.42. The van der Waals surface area contributed by atoms with E-state index >= 15 is 0 Å². The maximum Gasteiger partial charge on any atom is 0.276 e. The van der Waals surface area contributed by atoms with Crippen molar-refractivity contribution < 1.29 is 14.4 Å². The first-order valence-electron chi connectivity index (χ1n) is 9.62. The molecule has 3 atom stereocenters. The van der Waals surface area contributed by atoms with Crippen LogP contribution in [-0.4, -0.2) is 64.3 Å². The number of likely N-dealkylation sites (N-methyl/N-ethyl adjacent to an activating group) is 1. The van der Waals surface area contributed by atoms with Crippen molar-refractivity contribution in [1.82, 2.24) is 19.5 Å². The first kappa shape index (κ1) is 18.9. The van der Waals surface area contributed by atoms with Crippen LogP contribution in [0.5, 0.6) is 0 Å². The molecule has 2 aliphatic heterocycles. The summed E-state index contributed by atoms with van der Waals surface area (Å²) < 4.78 is 7.06. The number of carbonyl (C=O) groups is 1. The van der Waals surface area contributed by atoms with Crippen LogP contribution in [0, 0.1) is 12.8 Å². The van der Waals surface area contributed by atoms with Crippen LogP contribution in [0.1, 0.15) is 45.9 Å². The summed E-state index contributed by atoms with van der Waals surface area (Å²) >= 11 is 0. The SMILES string of the molecule is Cc1onc(C(=O)N2C[C@H]3C[C@@H](C2)[C@H](CN(C)C)n2c3cccc2=O)c1CO. The van der Waals surface area contributed by atoms with E-state index in [9.17, 15) is 14.7 Å². The number of piperidine rings is 1. The number of rotatable bonds is 4. The molecule has 0 spiro atoms. The summed E-state index contributed by atoms with van der Waals surface area (Å²) in [6.45, 7) is 3.24. The highest BCUT2D eigenvalue weighted by atomic mass is 16.5. The Labute approximate surface area is 163 Å². The lowest BCUT2D eigenvalue weighted by molar-refractivity contribution is 0.0487. The number of carbonyl (C=O) groups excluding carboxylic acids is 1. The molecule has 4 rings (SSSR count). The van der Waals surface area contributed by atoms with E-state index in [1.165, 1.54) is 0 Å². The fraction of sp³-hybridized carbons (Fsp3) is 0.550. The van der Waals surface area contributed by atoms with Crippen LogP contribution >= 0.6 is 0 Å². The standard InChI is InChI=1S/C20H26N4O4/c1-12-15(11-25)19(21-28-12)20(27)23-8-13-7-14(9-23)17(10-22(2)3)24-16(13)5-4-6-18(24)26/h4-6,13-14,17,25H,7-11H2,1-3H3/t13-,14+,17+/m1/s1. The second kappa shape index (κ2) is 7.18. The van der Waals surface area contributed by atoms with Gasteiger partial charge in [0.1, 0.15) is 5.76 Å². The molecule has 0 aliphatic carbocycles. The van der Waals surface area contributed by atoms with Crippen LogP contribution in [0.3, 0.4) is 0 Å². The topological polar surface area (TPSA) is 91.8 Å². The van der Waals surface area contributed by atoms with Crippen LogP contribution in [0.4, 0.5) is 0 Å². The normalized spacial score (nSPS) is 23.8. The van der Waals surface area contributed by atoms with E-state index in [0.29, 0.717) is 24.4 Å². The molecule has 2 bridgehead atoms. The zero-order valence-electron chi connectivity index (χ0n) is 16.5. The minimum Gasteiger partial charge on any atom is -0.391 e. The monoisotopic (exact) mass is 386 g/mol. The van der Waals surface area contributed by atoms with Gasteiger partial charge in [-0.1, -0.05) is 11.2 Å². The third-order valence-electron chi connectivity index (χ3n) is 5.98. The van der Waals surface area contributed by atoms with Crippen LogP contribution in [-0.2, 0) is 6.61 Å². The van der Waals surface area contributed by atoms with E-state index in [0.717, 1.165) is 18.7 Å². The van der Waals surface area contributed by atoms with Gasteiger partial charge in [-0.25, -0.2) is 0 Å². The molecule has 8 heteroatoms. The lowest BCUT2D eigenvalue weighted by atomic mass is 9.78. The number of pyridine rings is 1. The van der Waals surface area contributed by atoms with Crippen LogP contribution in [0.2, 0.25) is 0 Å². The molecule has 0 saturated carbocycles. The number of fused-ring (bicyclic) bond motifs is 4. The van der Waals surface area contributed by atoms with Gasteiger partial charge in [0, 0.05) is 37.3 Å². The maximum absolute atomic E-state index is 13.1. The molecule has 2 aromatic rings. The Morgan fingerprint density at radius 1 is 1.36 bits per heavy atom. The van der Waals surface area contributed by atoms with Crippen molar-refractivity contribution in [1.29, 1.82) is 0 Å². The van der Waals surface area contributed by atoms with Gasteiger partial charge < -0.3 is 24.0 Å². The lowest BCUT2D eigenvalue weighted by Gasteiger charge is -2.47. The van der Waals surface area contributed by atoms with E-state index < -0.39 is 0 Å². The van der Waals surface area contributed by atoms with E-state index in [-0.39, 0.29) is 41.6 Å². The molecule has 1 fully saturated rings. The first-order valence-corrected chi connectivity index (χ1v) is 9.62. The molecule has 8 nitrogen and oxygen atoms in total. The number of hydrogen-bond acceptors (Lipinski definition) is 6. The third kappa shape index (κ3) is 3.06. The Bertz CT molecular complexity index is 948. The van der Waals surface area contributed by atoms with Crippen molar-refractivity contribution >= 4 is 5.91 Å². The summed E-state index contributed by atoms with van der Waals surface area (Å²) in [5, 5.41) is 13.5. The smallest absolute Gasteiger partial charge is 0.276 e. The number of aliphatic hydroxyl groups is 1. The van der Waals surface area contributed by atoms with Crippen LogP contribution in [0.15, 0.2) is 27.5 Å². The number of aromatic nitrogens is 2. The molecule has 0 radical (unpaired) electrons. The predicted octanol–water partition coefficient (Wildman–Crippen LogP) is 0.999. The fourth-order valence-electron chi connectivity index (χ4n) is 4.71. The minimum absolute atomic E-state index is 0.0157. The Hall–Kier alpha value is -2.45. The summed E-state index contributed by atoms with van der Waals surface area (Å²) in [5.41, 5.74) is 1.65. The molecule has 2 aromatic heterocycles. The van der Waals surface area contributed by atoms with Gasteiger partial charge in [0.25, 0.3) is 11.5 Å². The van der Waals surface area contributed by atoms with Crippen LogP contribution < -0.4 is 5.56 Å². The molecule has 150 valence electrons. The molecular formula is C20H26N4O4. The summed E-state index contributed by atoms with van der Waals surface area (Å²) in [4.78, 5) is 29.7. The Morgan fingerprint density at radius 2 is 2.14 bits per heavy atom. The van der Waals surface area contributed by atoms with Gasteiger partial charge in [-0.2, -0.15) is 0 Å². The predicted molar refractivity (Wildman–Crippen MR) is 102 cm³/mol. The Kier molecular flexibility index (Phi) is 4.84. The zero-order valence-corrected chi connectivity index (χ0v) is 16.5. The van der Waals surface area contributed by atoms with E-state index in [4.69, 9.17) is 4.52 Å². The zero-order chi connectivity index (χ0) is 20.0. The number of nitrogens with zero attached hydrogens (tertiary/aromatic N) is 4. The molecular weight excluding hydrogens is 360 g/mol. The Morgan fingerprint density at radius 3 is 2.86 bits per heavy atom. The second-order valence-corrected chi connectivity index (χ2v) is 8.12. The van der Waals surface area contributed by atoms with Crippen molar-refractivity contribution in [2.45, 2.75) is 31.9 Å². The molecule has 28 heavy (non-hydrogen) atoms. The molecule has 0 unspecified atom stereocenters. The average Bonchev–Trinajstić information content (AvgIpc) is 3.04. The lowest BCUT2D eigenvalue weighted by Crippen LogP contribution is -2.53. The van der Waals surface area contributed by atoms with Crippen molar-refractivity contribution in [3.05, 3.63) is 51.3 Å². The first-order chi connectivity index (χ1) is 13.4. The van der Waals surface area contributed by atoms with Gasteiger partial charge in [0.05, 0.1) is 18.2 Å².